The maximum Gasteiger partial charge on any atom is 0.129 e. The molecule has 18 heavy (non-hydrogen) atoms. The summed E-state index contributed by atoms with van der Waals surface area (Å²) in [5, 5.41) is 1.48. The average molecular weight is 262 g/mol. The summed E-state index contributed by atoms with van der Waals surface area (Å²) in [6.07, 6.45) is 4.41. The monoisotopic (exact) mass is 262 g/mol. The molecule has 0 amide bonds. The van der Waals surface area contributed by atoms with Crippen LogP contribution < -0.4 is 5.19 Å². The SMILES string of the molecule is CCCCC(CC(C)=O)[Si](C)(C)c1ccccc1. The third-order valence-electron chi connectivity index (χ3n) is 3.98. The van der Waals surface area contributed by atoms with Gasteiger partial charge in [-0.3, -0.25) is 0 Å². The second kappa shape index (κ2) is 6.88. The van der Waals surface area contributed by atoms with Crippen molar-refractivity contribution in [1.29, 1.82) is 0 Å². The zero-order chi connectivity index (χ0) is 13.6. The first kappa shape index (κ1) is 15.2. The lowest BCUT2D eigenvalue weighted by molar-refractivity contribution is -0.117. The smallest absolute Gasteiger partial charge is 0.129 e. The standard InChI is InChI=1S/C16H26OSi/c1-5-6-10-16(13-14(2)17)18(3,4)15-11-8-7-9-12-15/h7-9,11-12,16H,5-6,10,13H2,1-4H3. The Kier molecular flexibility index (Phi) is 5.80. The van der Waals surface area contributed by atoms with Gasteiger partial charge in [0, 0.05) is 6.42 Å². The fraction of sp³-hybridized carbons (Fsp3) is 0.562. The highest BCUT2D eigenvalue weighted by Gasteiger charge is 2.33. The Morgan fingerprint density at radius 2 is 1.83 bits per heavy atom. The van der Waals surface area contributed by atoms with Crippen LogP contribution in [0.4, 0.5) is 0 Å². The summed E-state index contributed by atoms with van der Waals surface area (Å²) in [7, 11) is -1.53. The number of ketones is 1. The highest BCUT2D eigenvalue weighted by atomic mass is 28.3. The minimum absolute atomic E-state index is 0.340. The van der Waals surface area contributed by atoms with Gasteiger partial charge in [0.25, 0.3) is 0 Å². The van der Waals surface area contributed by atoms with Gasteiger partial charge in [-0.25, -0.2) is 0 Å². The predicted octanol–water partition coefficient (Wildman–Crippen LogP) is 4.14. The molecule has 1 unspecified atom stereocenters. The first-order chi connectivity index (χ1) is 8.48. The van der Waals surface area contributed by atoms with E-state index in [0.29, 0.717) is 11.3 Å². The van der Waals surface area contributed by atoms with E-state index in [1.165, 1.54) is 24.4 Å². The van der Waals surface area contributed by atoms with Gasteiger partial charge in [0.15, 0.2) is 0 Å². The average Bonchev–Trinajstić information content (AvgIpc) is 2.35. The third-order valence-corrected chi connectivity index (χ3v) is 8.33. The number of hydrogen-bond donors (Lipinski definition) is 0. The van der Waals surface area contributed by atoms with Crippen LogP contribution in [0.1, 0.15) is 39.5 Å². The molecule has 0 aromatic heterocycles. The summed E-state index contributed by atoms with van der Waals surface area (Å²) < 4.78 is 0. The topological polar surface area (TPSA) is 17.1 Å². The molecular weight excluding hydrogens is 236 g/mol. The number of unbranched alkanes of at least 4 members (excludes halogenated alkanes) is 1. The molecule has 1 aromatic carbocycles. The third kappa shape index (κ3) is 4.09. The van der Waals surface area contributed by atoms with Crippen LogP contribution >= 0.6 is 0 Å². The molecule has 1 aromatic rings. The lowest BCUT2D eigenvalue weighted by atomic mass is 10.1. The van der Waals surface area contributed by atoms with Gasteiger partial charge in [0.1, 0.15) is 5.78 Å². The van der Waals surface area contributed by atoms with Crippen molar-refractivity contribution in [2.75, 3.05) is 0 Å². The molecular formula is C16H26OSi. The van der Waals surface area contributed by atoms with Crippen LogP contribution in [0, 0.1) is 0 Å². The normalized spacial score (nSPS) is 13.3. The van der Waals surface area contributed by atoms with E-state index in [0.717, 1.165) is 6.42 Å². The van der Waals surface area contributed by atoms with Crippen molar-refractivity contribution in [3.63, 3.8) is 0 Å². The van der Waals surface area contributed by atoms with Gasteiger partial charge >= 0.3 is 0 Å². The van der Waals surface area contributed by atoms with E-state index in [9.17, 15) is 4.79 Å². The van der Waals surface area contributed by atoms with Crippen molar-refractivity contribution >= 4 is 19.0 Å². The van der Waals surface area contributed by atoms with E-state index >= 15 is 0 Å². The van der Waals surface area contributed by atoms with Gasteiger partial charge in [-0.1, -0.05) is 74.8 Å². The molecule has 100 valence electrons. The molecule has 0 N–H and O–H groups in total. The number of rotatable bonds is 7. The van der Waals surface area contributed by atoms with Gasteiger partial charge in [-0.05, 0) is 12.5 Å². The van der Waals surface area contributed by atoms with E-state index in [4.69, 9.17) is 0 Å². The molecule has 0 heterocycles. The van der Waals surface area contributed by atoms with Crippen LogP contribution in [0.15, 0.2) is 30.3 Å². The summed E-state index contributed by atoms with van der Waals surface area (Å²) in [6, 6.07) is 10.8. The van der Waals surface area contributed by atoms with Gasteiger partial charge in [-0.15, -0.1) is 0 Å². The van der Waals surface area contributed by atoms with Gasteiger partial charge < -0.3 is 4.79 Å². The first-order valence-electron chi connectivity index (χ1n) is 7.03. The minimum Gasteiger partial charge on any atom is -0.300 e. The van der Waals surface area contributed by atoms with E-state index < -0.39 is 8.07 Å². The second-order valence-electron chi connectivity index (χ2n) is 5.83. The molecule has 0 aliphatic carbocycles. The van der Waals surface area contributed by atoms with Crippen LogP contribution in [-0.4, -0.2) is 13.9 Å². The van der Waals surface area contributed by atoms with Gasteiger partial charge in [0.05, 0.1) is 8.07 Å². The summed E-state index contributed by atoms with van der Waals surface area (Å²) in [5.41, 5.74) is 0.581. The molecule has 0 spiro atoms. The van der Waals surface area contributed by atoms with Crippen molar-refractivity contribution in [2.45, 2.75) is 58.2 Å². The second-order valence-corrected chi connectivity index (χ2v) is 10.7. The predicted molar refractivity (Wildman–Crippen MR) is 82.1 cm³/mol. The molecule has 1 atom stereocenters. The molecule has 1 nitrogen and oxygen atoms in total. The maximum absolute atomic E-state index is 11.5. The van der Waals surface area contributed by atoms with E-state index in [2.05, 4.69) is 50.3 Å². The van der Waals surface area contributed by atoms with Crippen molar-refractivity contribution in [2.24, 2.45) is 0 Å². The zero-order valence-electron chi connectivity index (χ0n) is 12.2. The van der Waals surface area contributed by atoms with Gasteiger partial charge in [0.2, 0.25) is 0 Å². The van der Waals surface area contributed by atoms with Crippen molar-refractivity contribution < 1.29 is 4.79 Å². The van der Waals surface area contributed by atoms with Gasteiger partial charge in [-0.2, -0.15) is 0 Å². The Bertz CT molecular complexity index is 370. The molecule has 0 aliphatic rings. The molecule has 0 saturated carbocycles. The van der Waals surface area contributed by atoms with Crippen LogP contribution in [0.3, 0.4) is 0 Å². The zero-order valence-corrected chi connectivity index (χ0v) is 13.2. The Balaban J connectivity index is 2.91. The number of benzene rings is 1. The maximum atomic E-state index is 11.5. The van der Waals surface area contributed by atoms with Crippen molar-refractivity contribution in [3.8, 4) is 0 Å². The van der Waals surface area contributed by atoms with Crippen LogP contribution in [0.5, 0.6) is 0 Å². The number of hydrogen-bond acceptors (Lipinski definition) is 1. The molecule has 0 radical (unpaired) electrons. The lowest BCUT2D eigenvalue weighted by Gasteiger charge is -2.32. The Hall–Kier alpha value is -0.893. The first-order valence-corrected chi connectivity index (χ1v) is 10.1. The lowest BCUT2D eigenvalue weighted by Crippen LogP contribution is -2.46. The molecule has 1 rings (SSSR count). The molecule has 0 saturated heterocycles. The number of Topliss-reactive ketones (excluding diaryl/α,β-unsaturated/α-hetero) is 1. The summed E-state index contributed by atoms with van der Waals surface area (Å²) >= 11 is 0. The molecule has 0 aliphatic heterocycles. The Labute approximate surface area is 113 Å². The summed E-state index contributed by atoms with van der Waals surface area (Å²) in [5.74, 6) is 0.340. The number of carbonyl (C=O) groups is 1. The fourth-order valence-corrected chi connectivity index (χ4v) is 5.87. The molecule has 0 bridgehead atoms. The fourth-order valence-electron chi connectivity index (χ4n) is 2.62. The quantitative estimate of drug-likeness (QED) is 0.675. The van der Waals surface area contributed by atoms with Crippen LogP contribution in [0.25, 0.3) is 0 Å². The summed E-state index contributed by atoms with van der Waals surface area (Å²) in [6.45, 7) is 8.77. The van der Waals surface area contributed by atoms with Crippen LogP contribution in [0.2, 0.25) is 18.6 Å². The molecule has 0 fully saturated rings. The number of carbonyl (C=O) groups excluding carboxylic acids is 1. The highest BCUT2D eigenvalue weighted by molar-refractivity contribution is 6.91. The van der Waals surface area contributed by atoms with E-state index in [-0.39, 0.29) is 0 Å². The minimum atomic E-state index is -1.53. The van der Waals surface area contributed by atoms with Crippen molar-refractivity contribution in [3.05, 3.63) is 30.3 Å². The highest BCUT2D eigenvalue weighted by Crippen LogP contribution is 2.31. The largest absolute Gasteiger partial charge is 0.300 e. The van der Waals surface area contributed by atoms with Crippen molar-refractivity contribution in [1.82, 2.24) is 0 Å². The van der Waals surface area contributed by atoms with E-state index in [1.807, 2.05) is 0 Å². The van der Waals surface area contributed by atoms with Crippen LogP contribution in [-0.2, 0) is 4.79 Å². The molecule has 2 heteroatoms. The summed E-state index contributed by atoms with van der Waals surface area (Å²) in [4.78, 5) is 11.5. The Morgan fingerprint density at radius 1 is 1.22 bits per heavy atom. The van der Waals surface area contributed by atoms with E-state index in [1.54, 1.807) is 6.92 Å². The Morgan fingerprint density at radius 3 is 2.33 bits per heavy atom.